The van der Waals surface area contributed by atoms with Crippen LogP contribution in [0.3, 0.4) is 0 Å². The molecule has 0 saturated carbocycles. The van der Waals surface area contributed by atoms with Crippen LogP contribution in [0, 0.1) is 20.8 Å². The molecule has 0 aliphatic rings. The first-order valence-corrected chi connectivity index (χ1v) is 10.5. The van der Waals surface area contributed by atoms with Crippen LogP contribution in [-0.2, 0) is 0 Å². The third-order valence-corrected chi connectivity index (χ3v) is 5.89. The number of rotatable bonds is 4. The summed E-state index contributed by atoms with van der Waals surface area (Å²) in [6, 6.07) is 12.4. The highest BCUT2D eigenvalue weighted by molar-refractivity contribution is 5.87. The normalized spacial score (nSPS) is 11.1. The molecule has 32 heavy (non-hydrogen) atoms. The van der Waals surface area contributed by atoms with E-state index in [2.05, 4.69) is 45.7 Å². The molecule has 5 heterocycles. The van der Waals surface area contributed by atoms with Gasteiger partial charge in [-0.25, -0.2) is 4.52 Å². The van der Waals surface area contributed by atoms with E-state index in [9.17, 15) is 0 Å². The third-order valence-electron chi connectivity index (χ3n) is 5.89. The van der Waals surface area contributed by atoms with E-state index in [1.165, 1.54) is 5.56 Å². The highest BCUT2D eigenvalue weighted by atomic mass is 15.2. The van der Waals surface area contributed by atoms with Crippen LogP contribution in [-0.4, -0.2) is 24.6 Å². The second kappa shape index (κ2) is 7.85. The lowest BCUT2D eigenvalue weighted by Crippen LogP contribution is -1.98. The Balaban J connectivity index is 1.60. The Labute approximate surface area is 187 Å². The minimum absolute atomic E-state index is 0.928. The van der Waals surface area contributed by atoms with Crippen molar-refractivity contribution in [2.75, 3.05) is 0 Å². The number of hydrogen-bond donors (Lipinski definition) is 0. The van der Waals surface area contributed by atoms with Crippen molar-refractivity contribution < 1.29 is 0 Å². The van der Waals surface area contributed by atoms with E-state index in [1.807, 2.05) is 73.6 Å². The predicted octanol–water partition coefficient (Wildman–Crippen LogP) is 5.84. The van der Waals surface area contributed by atoms with Gasteiger partial charge in [0.25, 0.3) is 0 Å². The van der Waals surface area contributed by atoms with Gasteiger partial charge < -0.3 is 0 Å². The van der Waals surface area contributed by atoms with Crippen LogP contribution in [0.1, 0.15) is 28.1 Å². The van der Waals surface area contributed by atoms with E-state index < -0.39 is 0 Å². The lowest BCUT2D eigenvalue weighted by atomic mass is 9.94. The summed E-state index contributed by atoms with van der Waals surface area (Å²) in [7, 11) is 0. The molecule has 5 aromatic heterocycles. The first-order chi connectivity index (χ1) is 15.5. The summed E-state index contributed by atoms with van der Waals surface area (Å²) in [5.74, 6) is 0. The topological polar surface area (TPSA) is 56.0 Å². The fourth-order valence-electron chi connectivity index (χ4n) is 4.17. The standard InChI is InChI=1S/C27H23N5/c1-17-7-10-29-20(4)27(17)23-12-24(19(3)30-15-23)18(2)21-8-11-32-26(13-21)25(16-31-32)22-6-5-9-28-14-22/h5-16H,2H2,1,3-4H3. The van der Waals surface area contributed by atoms with Crippen LogP contribution < -0.4 is 0 Å². The zero-order valence-corrected chi connectivity index (χ0v) is 18.4. The number of hydrogen-bond acceptors (Lipinski definition) is 4. The molecule has 156 valence electrons. The molecule has 0 N–H and O–H groups in total. The molecule has 0 bridgehead atoms. The van der Waals surface area contributed by atoms with Crippen molar-refractivity contribution in [1.82, 2.24) is 24.6 Å². The van der Waals surface area contributed by atoms with Crippen molar-refractivity contribution in [1.29, 1.82) is 0 Å². The van der Waals surface area contributed by atoms with Crippen molar-refractivity contribution in [2.24, 2.45) is 0 Å². The molecule has 0 aliphatic heterocycles. The molecule has 0 radical (unpaired) electrons. The van der Waals surface area contributed by atoms with E-state index in [-0.39, 0.29) is 0 Å². The molecule has 0 saturated heterocycles. The number of fused-ring (bicyclic) bond motifs is 1. The summed E-state index contributed by atoms with van der Waals surface area (Å²) in [5, 5.41) is 4.50. The number of aromatic nitrogens is 5. The van der Waals surface area contributed by atoms with Gasteiger partial charge in [-0.3, -0.25) is 15.0 Å². The average molecular weight is 418 g/mol. The summed E-state index contributed by atoms with van der Waals surface area (Å²) in [6.07, 6.45) is 11.2. The number of nitrogens with zero attached hydrogens (tertiary/aromatic N) is 5. The van der Waals surface area contributed by atoms with E-state index in [0.29, 0.717) is 0 Å². The smallest absolute Gasteiger partial charge is 0.0746 e. The molecule has 0 aromatic carbocycles. The van der Waals surface area contributed by atoms with Crippen molar-refractivity contribution in [2.45, 2.75) is 20.8 Å². The van der Waals surface area contributed by atoms with Gasteiger partial charge in [0.15, 0.2) is 0 Å². The van der Waals surface area contributed by atoms with Crippen LogP contribution in [0.2, 0.25) is 0 Å². The molecule has 5 rings (SSSR count). The van der Waals surface area contributed by atoms with Gasteiger partial charge in [0.1, 0.15) is 0 Å². The van der Waals surface area contributed by atoms with Crippen molar-refractivity contribution in [3.63, 3.8) is 0 Å². The third kappa shape index (κ3) is 3.38. The monoisotopic (exact) mass is 417 g/mol. The molecule has 0 fully saturated rings. The second-order valence-electron chi connectivity index (χ2n) is 7.97. The number of pyridine rings is 4. The summed E-state index contributed by atoms with van der Waals surface area (Å²) in [4.78, 5) is 13.4. The molecule has 0 atom stereocenters. The highest BCUT2D eigenvalue weighted by Gasteiger charge is 2.14. The van der Waals surface area contributed by atoms with E-state index >= 15 is 0 Å². The highest BCUT2D eigenvalue weighted by Crippen LogP contribution is 2.32. The maximum Gasteiger partial charge on any atom is 0.0746 e. The minimum Gasteiger partial charge on any atom is -0.264 e. The minimum atomic E-state index is 0.928. The Morgan fingerprint density at radius 1 is 0.875 bits per heavy atom. The van der Waals surface area contributed by atoms with Gasteiger partial charge >= 0.3 is 0 Å². The summed E-state index contributed by atoms with van der Waals surface area (Å²) < 4.78 is 1.88. The fourth-order valence-corrected chi connectivity index (χ4v) is 4.17. The van der Waals surface area contributed by atoms with E-state index in [4.69, 9.17) is 0 Å². The molecular weight excluding hydrogens is 394 g/mol. The van der Waals surface area contributed by atoms with Gasteiger partial charge in [-0.15, -0.1) is 0 Å². The van der Waals surface area contributed by atoms with Crippen LogP contribution >= 0.6 is 0 Å². The summed E-state index contributed by atoms with van der Waals surface area (Å²) in [6.45, 7) is 10.6. The maximum absolute atomic E-state index is 4.69. The van der Waals surface area contributed by atoms with Gasteiger partial charge in [-0.2, -0.15) is 5.10 Å². The Hall–Kier alpha value is -4.12. The summed E-state index contributed by atoms with van der Waals surface area (Å²) in [5.41, 5.74) is 11.4. The molecule has 0 aliphatic carbocycles. The molecule has 5 heteroatoms. The predicted molar refractivity (Wildman–Crippen MR) is 128 cm³/mol. The summed E-state index contributed by atoms with van der Waals surface area (Å²) >= 11 is 0. The first-order valence-electron chi connectivity index (χ1n) is 10.5. The molecule has 5 aromatic rings. The molecule has 0 unspecified atom stereocenters. The molecule has 0 spiro atoms. The van der Waals surface area contributed by atoms with E-state index in [1.54, 1.807) is 6.20 Å². The maximum atomic E-state index is 4.69. The van der Waals surface area contributed by atoms with Crippen LogP contribution in [0.5, 0.6) is 0 Å². The average Bonchev–Trinajstić information content (AvgIpc) is 3.23. The Kier molecular flexibility index (Phi) is 4.86. The van der Waals surface area contributed by atoms with Gasteiger partial charge in [-0.1, -0.05) is 12.6 Å². The fraction of sp³-hybridized carbons (Fsp3) is 0.111. The van der Waals surface area contributed by atoms with Gasteiger partial charge in [-0.05, 0) is 67.8 Å². The zero-order chi connectivity index (χ0) is 22.2. The van der Waals surface area contributed by atoms with Crippen LogP contribution in [0.15, 0.2) is 80.2 Å². The van der Waals surface area contributed by atoms with Crippen molar-refractivity contribution >= 4 is 11.1 Å². The largest absolute Gasteiger partial charge is 0.264 e. The Bertz CT molecular complexity index is 1440. The zero-order valence-electron chi connectivity index (χ0n) is 18.4. The second-order valence-corrected chi connectivity index (χ2v) is 7.97. The van der Waals surface area contributed by atoms with Gasteiger partial charge in [0.05, 0.1) is 11.7 Å². The SMILES string of the molecule is C=C(c1ccn2ncc(-c3cccnc3)c2c1)c1cc(-c2c(C)ccnc2C)cnc1C. The van der Waals surface area contributed by atoms with E-state index in [0.717, 1.165) is 55.9 Å². The molecule has 5 nitrogen and oxygen atoms in total. The Morgan fingerprint density at radius 2 is 1.75 bits per heavy atom. The van der Waals surface area contributed by atoms with Crippen LogP contribution in [0.4, 0.5) is 0 Å². The first kappa shape index (κ1) is 19.8. The lowest BCUT2D eigenvalue weighted by molar-refractivity contribution is 0.960. The molecule has 0 amide bonds. The van der Waals surface area contributed by atoms with Gasteiger partial charge in [0, 0.05) is 70.2 Å². The van der Waals surface area contributed by atoms with Gasteiger partial charge in [0.2, 0.25) is 0 Å². The quantitative estimate of drug-likeness (QED) is 0.369. The Morgan fingerprint density at radius 3 is 2.53 bits per heavy atom. The van der Waals surface area contributed by atoms with Crippen molar-refractivity contribution in [3.8, 4) is 22.3 Å². The lowest BCUT2D eigenvalue weighted by Gasteiger charge is -2.14. The van der Waals surface area contributed by atoms with Crippen LogP contribution in [0.25, 0.3) is 33.3 Å². The van der Waals surface area contributed by atoms with Crippen molar-refractivity contribution in [3.05, 3.63) is 108 Å². The molecular formula is C27H23N5. The number of aryl methyl sites for hydroxylation is 3.